The van der Waals surface area contributed by atoms with Crippen LogP contribution in [0.5, 0.6) is 0 Å². The van der Waals surface area contributed by atoms with Crippen LogP contribution >= 0.6 is 24.0 Å². The monoisotopic (exact) mass is 467 g/mol. The molecule has 0 saturated carbocycles. The van der Waals surface area contributed by atoms with Crippen molar-refractivity contribution in [2.45, 2.75) is 32.1 Å². The van der Waals surface area contributed by atoms with E-state index in [2.05, 4.69) is 64.6 Å². The van der Waals surface area contributed by atoms with Crippen LogP contribution in [-0.2, 0) is 7.05 Å². The maximum absolute atomic E-state index is 4.50. The fourth-order valence-corrected chi connectivity index (χ4v) is 3.55. The highest BCUT2D eigenvalue weighted by Crippen LogP contribution is 2.26. The molecule has 0 amide bonds. The molecule has 2 unspecified atom stereocenters. The SMILES string of the molecule is CN=C(NCC(C)c1cccc(C)c1)N1CCC(c2cnn(C)c2)C1.I. The van der Waals surface area contributed by atoms with Gasteiger partial charge in [0.1, 0.15) is 0 Å². The highest BCUT2D eigenvalue weighted by molar-refractivity contribution is 14.0. The molecule has 6 heteroatoms. The van der Waals surface area contributed by atoms with E-state index >= 15 is 0 Å². The van der Waals surface area contributed by atoms with Gasteiger partial charge in [-0.2, -0.15) is 5.10 Å². The van der Waals surface area contributed by atoms with E-state index in [9.17, 15) is 0 Å². The fourth-order valence-electron chi connectivity index (χ4n) is 3.55. The van der Waals surface area contributed by atoms with Crippen LogP contribution < -0.4 is 5.32 Å². The number of nitrogens with zero attached hydrogens (tertiary/aromatic N) is 4. The summed E-state index contributed by atoms with van der Waals surface area (Å²) in [5.41, 5.74) is 4.01. The molecule has 0 aliphatic carbocycles. The third-order valence-electron chi connectivity index (χ3n) is 5.07. The average Bonchev–Trinajstić information content (AvgIpc) is 3.24. The van der Waals surface area contributed by atoms with Gasteiger partial charge in [0.2, 0.25) is 0 Å². The summed E-state index contributed by atoms with van der Waals surface area (Å²) in [5.74, 6) is 2.00. The lowest BCUT2D eigenvalue weighted by Gasteiger charge is -2.23. The summed E-state index contributed by atoms with van der Waals surface area (Å²) in [6.07, 6.45) is 5.27. The smallest absolute Gasteiger partial charge is 0.193 e. The van der Waals surface area contributed by atoms with E-state index in [1.165, 1.54) is 16.7 Å². The van der Waals surface area contributed by atoms with Gasteiger partial charge in [0.25, 0.3) is 0 Å². The van der Waals surface area contributed by atoms with Crippen molar-refractivity contribution in [1.82, 2.24) is 20.0 Å². The Bertz CT molecular complexity index is 739. The van der Waals surface area contributed by atoms with Crippen molar-refractivity contribution in [3.63, 3.8) is 0 Å². The lowest BCUT2D eigenvalue weighted by Crippen LogP contribution is -2.41. The van der Waals surface area contributed by atoms with E-state index in [0.29, 0.717) is 11.8 Å². The molecular formula is C20H30IN5. The quantitative estimate of drug-likeness (QED) is 0.425. The topological polar surface area (TPSA) is 45.5 Å². The number of aryl methyl sites for hydroxylation is 2. The van der Waals surface area contributed by atoms with Gasteiger partial charge in [0.15, 0.2) is 5.96 Å². The fraction of sp³-hybridized carbons (Fsp3) is 0.500. The van der Waals surface area contributed by atoms with E-state index in [0.717, 1.165) is 32.0 Å². The molecule has 1 aromatic heterocycles. The van der Waals surface area contributed by atoms with Gasteiger partial charge in [0, 0.05) is 45.8 Å². The van der Waals surface area contributed by atoms with Crippen molar-refractivity contribution in [3.05, 3.63) is 53.3 Å². The van der Waals surface area contributed by atoms with Crippen LogP contribution in [0.3, 0.4) is 0 Å². The van der Waals surface area contributed by atoms with E-state index < -0.39 is 0 Å². The molecule has 5 nitrogen and oxygen atoms in total. The van der Waals surface area contributed by atoms with Crippen molar-refractivity contribution >= 4 is 29.9 Å². The Labute approximate surface area is 173 Å². The van der Waals surface area contributed by atoms with Crippen molar-refractivity contribution in [2.24, 2.45) is 12.0 Å². The first-order valence-electron chi connectivity index (χ1n) is 9.07. The minimum absolute atomic E-state index is 0. The molecule has 1 aliphatic rings. The Morgan fingerprint density at radius 2 is 2.23 bits per heavy atom. The molecule has 3 rings (SSSR count). The summed E-state index contributed by atoms with van der Waals surface area (Å²) in [6, 6.07) is 8.75. The molecule has 0 bridgehead atoms. The second-order valence-corrected chi connectivity index (χ2v) is 7.12. The summed E-state index contributed by atoms with van der Waals surface area (Å²) < 4.78 is 1.88. The van der Waals surface area contributed by atoms with E-state index in [4.69, 9.17) is 0 Å². The van der Waals surface area contributed by atoms with Crippen LogP contribution in [0.15, 0.2) is 41.7 Å². The minimum Gasteiger partial charge on any atom is -0.356 e. The molecule has 0 spiro atoms. The molecule has 1 aromatic carbocycles. The number of halogens is 1. The number of aliphatic imine (C=N–C) groups is 1. The summed E-state index contributed by atoms with van der Waals surface area (Å²) >= 11 is 0. The van der Waals surface area contributed by atoms with Gasteiger partial charge in [-0.1, -0.05) is 36.8 Å². The third kappa shape index (κ3) is 4.99. The zero-order valence-corrected chi connectivity index (χ0v) is 18.5. The first-order valence-corrected chi connectivity index (χ1v) is 9.07. The van der Waals surface area contributed by atoms with Gasteiger partial charge < -0.3 is 10.2 Å². The first-order chi connectivity index (χ1) is 12.1. The van der Waals surface area contributed by atoms with Gasteiger partial charge >= 0.3 is 0 Å². The first kappa shape index (κ1) is 20.7. The van der Waals surface area contributed by atoms with Crippen LogP contribution in [0, 0.1) is 6.92 Å². The Balaban J connectivity index is 0.00000243. The van der Waals surface area contributed by atoms with E-state index in [1.807, 2.05) is 25.0 Å². The Morgan fingerprint density at radius 1 is 1.42 bits per heavy atom. The van der Waals surface area contributed by atoms with Crippen molar-refractivity contribution in [3.8, 4) is 0 Å². The van der Waals surface area contributed by atoms with Crippen LogP contribution in [-0.4, -0.2) is 47.3 Å². The second kappa shape index (κ2) is 9.39. The molecule has 2 heterocycles. The van der Waals surface area contributed by atoms with Crippen LogP contribution in [0.1, 0.15) is 41.9 Å². The molecule has 1 fully saturated rings. The molecule has 2 aromatic rings. The number of hydrogen-bond donors (Lipinski definition) is 1. The van der Waals surface area contributed by atoms with Crippen molar-refractivity contribution in [1.29, 1.82) is 0 Å². The Kier molecular flexibility index (Phi) is 7.49. The van der Waals surface area contributed by atoms with E-state index in [-0.39, 0.29) is 24.0 Å². The van der Waals surface area contributed by atoms with Crippen molar-refractivity contribution < 1.29 is 0 Å². The molecule has 1 N–H and O–H groups in total. The zero-order valence-electron chi connectivity index (χ0n) is 16.1. The maximum atomic E-state index is 4.50. The number of guanidine groups is 1. The summed E-state index contributed by atoms with van der Waals surface area (Å²) in [7, 11) is 3.85. The third-order valence-corrected chi connectivity index (χ3v) is 5.07. The van der Waals surface area contributed by atoms with Gasteiger partial charge in [-0.3, -0.25) is 9.67 Å². The minimum atomic E-state index is 0. The number of nitrogens with one attached hydrogen (secondary N) is 1. The van der Waals surface area contributed by atoms with Crippen LogP contribution in [0.2, 0.25) is 0 Å². The molecule has 142 valence electrons. The summed E-state index contributed by atoms with van der Waals surface area (Å²) in [5, 5.41) is 7.87. The van der Waals surface area contributed by atoms with Crippen molar-refractivity contribution in [2.75, 3.05) is 26.7 Å². The van der Waals surface area contributed by atoms with Gasteiger partial charge in [0.05, 0.1) is 6.20 Å². The van der Waals surface area contributed by atoms with Gasteiger partial charge in [-0.25, -0.2) is 0 Å². The lowest BCUT2D eigenvalue weighted by atomic mass is 9.99. The van der Waals surface area contributed by atoms with Gasteiger partial charge in [-0.05, 0) is 30.4 Å². The lowest BCUT2D eigenvalue weighted by molar-refractivity contribution is 0.482. The summed E-state index contributed by atoms with van der Waals surface area (Å²) in [4.78, 5) is 6.86. The molecular weight excluding hydrogens is 437 g/mol. The number of likely N-dealkylation sites (tertiary alicyclic amines) is 1. The standard InChI is InChI=1S/C20H29N5.HI/c1-15-6-5-7-17(10-15)16(2)11-22-20(21-3)25-9-8-18(14-25)19-12-23-24(4)13-19;/h5-7,10,12-13,16,18H,8-9,11,14H2,1-4H3,(H,21,22);1H. The number of rotatable bonds is 4. The van der Waals surface area contributed by atoms with E-state index in [1.54, 1.807) is 0 Å². The molecule has 1 aliphatic heterocycles. The van der Waals surface area contributed by atoms with Gasteiger partial charge in [-0.15, -0.1) is 24.0 Å². The van der Waals surface area contributed by atoms with Crippen LogP contribution in [0.25, 0.3) is 0 Å². The highest BCUT2D eigenvalue weighted by Gasteiger charge is 2.27. The normalized spacial score (nSPS) is 18.5. The predicted octanol–water partition coefficient (Wildman–Crippen LogP) is 3.51. The molecule has 1 saturated heterocycles. The average molecular weight is 467 g/mol. The zero-order chi connectivity index (χ0) is 17.8. The Hall–Kier alpha value is -1.57. The Morgan fingerprint density at radius 3 is 2.88 bits per heavy atom. The molecule has 26 heavy (non-hydrogen) atoms. The second-order valence-electron chi connectivity index (χ2n) is 7.12. The maximum Gasteiger partial charge on any atom is 0.193 e. The van der Waals surface area contributed by atoms with Crippen LogP contribution in [0.4, 0.5) is 0 Å². The number of aromatic nitrogens is 2. The highest BCUT2D eigenvalue weighted by atomic mass is 127. The number of hydrogen-bond acceptors (Lipinski definition) is 2. The molecule has 0 radical (unpaired) electrons. The predicted molar refractivity (Wildman–Crippen MR) is 119 cm³/mol. The molecule has 2 atom stereocenters. The number of benzene rings is 1. The largest absolute Gasteiger partial charge is 0.356 e. The summed E-state index contributed by atoms with van der Waals surface area (Å²) in [6.45, 7) is 7.34.